The van der Waals surface area contributed by atoms with E-state index in [9.17, 15) is 33.2 Å². The first-order valence-corrected chi connectivity index (χ1v) is 7.94. The zero-order valence-corrected chi connectivity index (χ0v) is 13.9. The number of benzene rings is 1. The van der Waals surface area contributed by atoms with Crippen molar-refractivity contribution in [2.24, 2.45) is 5.92 Å². The number of carbonyl (C=O) groups is 1. The molecular formula is C15H16ClF3N2O4. The molecule has 1 saturated carbocycles. The first-order chi connectivity index (χ1) is 11.6. The predicted octanol–water partition coefficient (Wildman–Crippen LogP) is 4.82. The number of hydrogen-bond donors (Lipinski definition) is 2. The average molecular weight is 381 g/mol. The number of nitrogens with zero attached hydrogens (tertiary/aromatic N) is 1. The van der Waals surface area contributed by atoms with Crippen LogP contribution in [-0.4, -0.2) is 29.2 Å². The molecule has 2 N–H and O–H groups in total. The number of alkyl halides is 3. The maximum Gasteiger partial charge on any atom is 0.391 e. The van der Waals surface area contributed by atoms with Gasteiger partial charge in [-0.3, -0.25) is 10.1 Å². The normalized spacial score (nSPS) is 21.0. The minimum absolute atomic E-state index is 0.0514. The highest BCUT2D eigenvalue weighted by Gasteiger charge is 2.42. The molecule has 10 heteroatoms. The van der Waals surface area contributed by atoms with Gasteiger partial charge in [0.2, 0.25) is 0 Å². The number of nitro benzene ring substituents is 1. The van der Waals surface area contributed by atoms with Crippen LogP contribution in [0, 0.1) is 16.0 Å². The maximum absolute atomic E-state index is 12.8. The lowest BCUT2D eigenvalue weighted by Crippen LogP contribution is -2.27. The number of rotatable bonds is 4. The largest absolute Gasteiger partial charge is 0.478 e. The molecule has 1 aromatic rings. The summed E-state index contributed by atoms with van der Waals surface area (Å²) in [5.41, 5.74) is -0.635. The molecule has 1 aliphatic rings. The topological polar surface area (TPSA) is 92.5 Å². The van der Waals surface area contributed by atoms with Gasteiger partial charge in [-0.15, -0.1) is 0 Å². The highest BCUT2D eigenvalue weighted by Crippen LogP contribution is 2.48. The molecule has 0 atom stereocenters. The van der Waals surface area contributed by atoms with E-state index in [4.69, 9.17) is 11.6 Å². The molecule has 2 rings (SSSR count). The zero-order valence-electron chi connectivity index (χ0n) is 13.2. The van der Waals surface area contributed by atoms with Crippen LogP contribution >= 0.6 is 11.6 Å². The van der Waals surface area contributed by atoms with Gasteiger partial charge < -0.3 is 10.4 Å². The van der Waals surface area contributed by atoms with Gasteiger partial charge in [-0.25, -0.2) is 4.79 Å². The molecule has 1 aliphatic carbocycles. The fourth-order valence-electron chi connectivity index (χ4n) is 3.32. The van der Waals surface area contributed by atoms with Crippen molar-refractivity contribution in [1.82, 2.24) is 0 Å². The number of nitro groups is 1. The smallest absolute Gasteiger partial charge is 0.391 e. The minimum atomic E-state index is -4.28. The van der Waals surface area contributed by atoms with E-state index >= 15 is 0 Å². The first kappa shape index (κ1) is 19.3. The van der Waals surface area contributed by atoms with Gasteiger partial charge in [-0.2, -0.15) is 13.2 Å². The summed E-state index contributed by atoms with van der Waals surface area (Å²) in [5.74, 6) is -3.33. The van der Waals surface area contributed by atoms with Crippen LogP contribution < -0.4 is 5.32 Å². The third-order valence-corrected chi connectivity index (χ3v) is 4.96. The van der Waals surface area contributed by atoms with Crippen LogP contribution in [0.3, 0.4) is 0 Å². The van der Waals surface area contributed by atoms with E-state index in [1.165, 1.54) is 7.05 Å². The van der Waals surface area contributed by atoms with Gasteiger partial charge in [0.15, 0.2) is 0 Å². The third kappa shape index (κ3) is 3.81. The number of carboxylic acids is 1. The van der Waals surface area contributed by atoms with Crippen molar-refractivity contribution in [3.8, 4) is 0 Å². The van der Waals surface area contributed by atoms with Gasteiger partial charge >= 0.3 is 12.1 Å². The van der Waals surface area contributed by atoms with Crippen molar-refractivity contribution in [2.75, 3.05) is 12.4 Å². The monoisotopic (exact) mass is 380 g/mol. The molecule has 0 saturated heterocycles. The van der Waals surface area contributed by atoms with E-state index in [1.54, 1.807) is 0 Å². The van der Waals surface area contributed by atoms with E-state index in [1.807, 2.05) is 0 Å². The summed E-state index contributed by atoms with van der Waals surface area (Å²) in [6.45, 7) is 0. The average Bonchev–Trinajstić information content (AvgIpc) is 2.52. The fraction of sp³-hybridized carbons (Fsp3) is 0.533. The van der Waals surface area contributed by atoms with Crippen molar-refractivity contribution in [3.63, 3.8) is 0 Å². The molecule has 0 heterocycles. The van der Waals surface area contributed by atoms with Crippen molar-refractivity contribution in [2.45, 2.75) is 37.8 Å². The van der Waals surface area contributed by atoms with Crippen LogP contribution in [0.1, 0.15) is 47.5 Å². The summed E-state index contributed by atoms with van der Waals surface area (Å²) in [6.07, 6.45) is -4.29. The fourth-order valence-corrected chi connectivity index (χ4v) is 3.70. The lowest BCUT2D eigenvalue weighted by atomic mass is 9.77. The standard InChI is InChI=1S/C15H16ClF3N2O4/c1-20-13-10(21(24)25)6-9(14(22)23)12(16)11(13)7-2-4-8(5-3-7)15(17,18)19/h6-8,20H,2-5H2,1H3,(H,22,23). The number of aromatic carboxylic acids is 1. The van der Waals surface area contributed by atoms with Crippen LogP contribution in [0.15, 0.2) is 6.07 Å². The van der Waals surface area contributed by atoms with Crippen LogP contribution in [0.4, 0.5) is 24.5 Å². The Kier molecular flexibility index (Phi) is 5.46. The van der Waals surface area contributed by atoms with E-state index in [0.717, 1.165) is 6.07 Å². The number of anilines is 1. The highest BCUT2D eigenvalue weighted by molar-refractivity contribution is 6.35. The maximum atomic E-state index is 12.8. The van der Waals surface area contributed by atoms with Gasteiger partial charge in [-0.05, 0) is 31.6 Å². The minimum Gasteiger partial charge on any atom is -0.478 e. The summed E-state index contributed by atoms with van der Waals surface area (Å²) in [5, 5.41) is 23.0. The van der Waals surface area contributed by atoms with E-state index < -0.39 is 40.2 Å². The third-order valence-electron chi connectivity index (χ3n) is 4.55. The second kappa shape index (κ2) is 7.07. The second-order valence-electron chi connectivity index (χ2n) is 5.95. The van der Waals surface area contributed by atoms with Crippen LogP contribution in [0.2, 0.25) is 5.02 Å². The first-order valence-electron chi connectivity index (χ1n) is 7.56. The molecule has 0 unspecified atom stereocenters. The summed E-state index contributed by atoms with van der Waals surface area (Å²) < 4.78 is 38.5. The van der Waals surface area contributed by atoms with Crippen LogP contribution in [0.25, 0.3) is 0 Å². The van der Waals surface area contributed by atoms with Gasteiger partial charge in [0, 0.05) is 18.7 Å². The van der Waals surface area contributed by atoms with Crippen molar-refractivity contribution >= 4 is 28.9 Å². The Hall–Kier alpha value is -2.03. The molecule has 0 aliphatic heterocycles. The molecule has 0 bridgehead atoms. The number of hydrogen-bond acceptors (Lipinski definition) is 4. The van der Waals surface area contributed by atoms with E-state index in [-0.39, 0.29) is 42.0 Å². The van der Waals surface area contributed by atoms with E-state index in [0.29, 0.717) is 0 Å². The second-order valence-corrected chi connectivity index (χ2v) is 6.33. The molecule has 25 heavy (non-hydrogen) atoms. The molecule has 0 aromatic heterocycles. The quantitative estimate of drug-likeness (QED) is 0.576. The van der Waals surface area contributed by atoms with Crippen molar-refractivity contribution in [3.05, 3.63) is 32.3 Å². The predicted molar refractivity (Wildman–Crippen MR) is 85.4 cm³/mol. The van der Waals surface area contributed by atoms with Gasteiger partial charge in [0.05, 0.1) is 21.4 Å². The highest BCUT2D eigenvalue weighted by atomic mass is 35.5. The van der Waals surface area contributed by atoms with Crippen LogP contribution in [-0.2, 0) is 0 Å². The molecule has 6 nitrogen and oxygen atoms in total. The van der Waals surface area contributed by atoms with Crippen molar-refractivity contribution in [1.29, 1.82) is 0 Å². The number of carboxylic acid groups (broad SMARTS) is 1. The van der Waals surface area contributed by atoms with Crippen molar-refractivity contribution < 1.29 is 28.0 Å². The summed E-state index contributed by atoms with van der Waals surface area (Å²) >= 11 is 6.16. The molecule has 0 amide bonds. The van der Waals surface area contributed by atoms with Gasteiger partial charge in [0.25, 0.3) is 5.69 Å². The van der Waals surface area contributed by atoms with Crippen LogP contribution in [0.5, 0.6) is 0 Å². The number of halogens is 4. The number of nitrogens with one attached hydrogen (secondary N) is 1. The Morgan fingerprint density at radius 3 is 2.32 bits per heavy atom. The molecule has 0 spiro atoms. The Bertz CT molecular complexity index is 701. The molecule has 0 radical (unpaired) electrons. The Morgan fingerprint density at radius 1 is 1.36 bits per heavy atom. The molecule has 1 aromatic carbocycles. The summed E-state index contributed by atoms with van der Waals surface area (Å²) in [4.78, 5) is 21.9. The summed E-state index contributed by atoms with van der Waals surface area (Å²) in [7, 11) is 1.42. The summed E-state index contributed by atoms with van der Waals surface area (Å²) in [6, 6.07) is 0.862. The Labute approximate surface area is 146 Å². The lowest BCUT2D eigenvalue weighted by molar-refractivity contribution is -0.384. The Balaban J connectivity index is 2.50. The van der Waals surface area contributed by atoms with E-state index in [2.05, 4.69) is 5.32 Å². The lowest BCUT2D eigenvalue weighted by Gasteiger charge is -2.31. The molecule has 1 fully saturated rings. The molecule has 138 valence electrons. The molecular weight excluding hydrogens is 365 g/mol. The SMILES string of the molecule is CNc1c([N+](=O)[O-])cc(C(=O)O)c(Cl)c1C1CCC(C(F)(F)F)CC1. The van der Waals surface area contributed by atoms with Gasteiger partial charge in [-0.1, -0.05) is 11.6 Å². The Morgan fingerprint density at radius 2 is 1.92 bits per heavy atom. The van der Waals surface area contributed by atoms with Gasteiger partial charge in [0.1, 0.15) is 5.69 Å². The zero-order chi connectivity index (χ0) is 18.9.